The Morgan fingerprint density at radius 1 is 1.06 bits per heavy atom. The maximum absolute atomic E-state index is 12.5. The SMILES string of the molecule is CC1CCN(C(=O)CCCSc2nnc(-c3ccccc3Cl)n2-c2ccccc2)CC1. The van der Waals surface area contributed by atoms with E-state index in [2.05, 4.69) is 17.1 Å². The van der Waals surface area contributed by atoms with Gasteiger partial charge in [0.05, 0.1) is 5.02 Å². The van der Waals surface area contributed by atoms with Crippen molar-refractivity contribution in [2.45, 2.75) is 37.8 Å². The Morgan fingerprint density at radius 3 is 2.52 bits per heavy atom. The zero-order chi connectivity index (χ0) is 21.6. The summed E-state index contributed by atoms with van der Waals surface area (Å²) in [5, 5.41) is 10.3. The van der Waals surface area contributed by atoms with Crippen molar-refractivity contribution >= 4 is 29.3 Å². The Hall–Kier alpha value is -2.31. The van der Waals surface area contributed by atoms with Crippen LogP contribution >= 0.6 is 23.4 Å². The molecule has 7 heteroatoms. The van der Waals surface area contributed by atoms with Crippen LogP contribution in [0.4, 0.5) is 0 Å². The van der Waals surface area contributed by atoms with Crippen LogP contribution in [-0.2, 0) is 4.79 Å². The minimum atomic E-state index is 0.272. The Labute approximate surface area is 192 Å². The fourth-order valence-electron chi connectivity index (χ4n) is 3.79. The van der Waals surface area contributed by atoms with Gasteiger partial charge in [0.2, 0.25) is 5.91 Å². The normalized spacial score (nSPS) is 14.7. The van der Waals surface area contributed by atoms with E-state index in [1.54, 1.807) is 11.8 Å². The summed E-state index contributed by atoms with van der Waals surface area (Å²) in [4.78, 5) is 14.5. The number of hydrogen-bond acceptors (Lipinski definition) is 4. The van der Waals surface area contributed by atoms with Gasteiger partial charge in [-0.3, -0.25) is 9.36 Å². The van der Waals surface area contributed by atoms with E-state index in [0.717, 1.165) is 66.3 Å². The molecule has 2 heterocycles. The lowest BCUT2D eigenvalue weighted by Crippen LogP contribution is -2.37. The highest BCUT2D eigenvalue weighted by atomic mass is 35.5. The van der Waals surface area contributed by atoms with Crippen LogP contribution in [0.1, 0.15) is 32.6 Å². The van der Waals surface area contributed by atoms with Crippen molar-refractivity contribution in [3.63, 3.8) is 0 Å². The molecule has 31 heavy (non-hydrogen) atoms. The monoisotopic (exact) mass is 454 g/mol. The summed E-state index contributed by atoms with van der Waals surface area (Å²) in [6.45, 7) is 4.06. The van der Waals surface area contributed by atoms with Crippen molar-refractivity contribution in [2.75, 3.05) is 18.8 Å². The van der Waals surface area contributed by atoms with E-state index >= 15 is 0 Å². The second-order valence-electron chi connectivity index (χ2n) is 7.97. The predicted molar refractivity (Wildman–Crippen MR) is 127 cm³/mol. The van der Waals surface area contributed by atoms with E-state index in [1.165, 1.54) is 0 Å². The summed E-state index contributed by atoms with van der Waals surface area (Å²) >= 11 is 8.07. The number of carbonyl (C=O) groups excluding carboxylic acids is 1. The number of nitrogens with zero attached hydrogens (tertiary/aromatic N) is 4. The molecule has 0 saturated carbocycles. The van der Waals surface area contributed by atoms with E-state index in [0.29, 0.717) is 11.4 Å². The topological polar surface area (TPSA) is 51.0 Å². The lowest BCUT2D eigenvalue weighted by atomic mass is 9.99. The molecular formula is C24H27ClN4OS. The fourth-order valence-corrected chi connectivity index (χ4v) is 4.90. The van der Waals surface area contributed by atoms with Crippen molar-refractivity contribution in [3.05, 3.63) is 59.6 Å². The number of rotatable bonds is 7. The number of likely N-dealkylation sites (tertiary alicyclic amines) is 1. The minimum Gasteiger partial charge on any atom is -0.343 e. The molecule has 5 nitrogen and oxygen atoms in total. The van der Waals surface area contributed by atoms with Crippen molar-refractivity contribution in [1.29, 1.82) is 0 Å². The number of para-hydroxylation sites is 1. The quantitative estimate of drug-likeness (QED) is 0.338. The average molecular weight is 455 g/mol. The number of piperidine rings is 1. The summed E-state index contributed by atoms with van der Waals surface area (Å²) in [5.41, 5.74) is 1.84. The Morgan fingerprint density at radius 2 is 1.77 bits per heavy atom. The van der Waals surface area contributed by atoms with E-state index in [1.807, 2.05) is 64.1 Å². The number of aromatic nitrogens is 3. The molecule has 2 aromatic carbocycles. The highest BCUT2D eigenvalue weighted by molar-refractivity contribution is 7.99. The van der Waals surface area contributed by atoms with Gasteiger partial charge < -0.3 is 4.90 Å². The van der Waals surface area contributed by atoms with Gasteiger partial charge in [0.1, 0.15) is 0 Å². The first-order chi connectivity index (χ1) is 15.1. The number of amides is 1. The van der Waals surface area contributed by atoms with Crippen molar-refractivity contribution < 1.29 is 4.79 Å². The summed E-state index contributed by atoms with van der Waals surface area (Å²) in [7, 11) is 0. The summed E-state index contributed by atoms with van der Waals surface area (Å²) in [6.07, 6.45) is 3.63. The molecule has 1 amide bonds. The molecule has 1 saturated heterocycles. The predicted octanol–water partition coefficient (Wildman–Crippen LogP) is 5.72. The molecule has 1 fully saturated rings. The molecule has 1 aliphatic rings. The number of hydrogen-bond donors (Lipinski definition) is 0. The van der Waals surface area contributed by atoms with Crippen LogP contribution in [0.25, 0.3) is 17.1 Å². The third-order valence-corrected chi connectivity index (χ3v) is 7.01. The molecular weight excluding hydrogens is 428 g/mol. The Bertz CT molecular complexity index is 1020. The number of benzene rings is 2. The van der Waals surface area contributed by atoms with Gasteiger partial charge >= 0.3 is 0 Å². The molecule has 162 valence electrons. The first kappa shape index (κ1) is 21.9. The zero-order valence-electron chi connectivity index (χ0n) is 17.7. The highest BCUT2D eigenvalue weighted by Crippen LogP contribution is 2.32. The van der Waals surface area contributed by atoms with E-state index in [-0.39, 0.29) is 5.91 Å². The van der Waals surface area contributed by atoms with Crippen LogP contribution in [0, 0.1) is 5.92 Å². The van der Waals surface area contributed by atoms with E-state index in [9.17, 15) is 4.79 Å². The molecule has 0 aliphatic carbocycles. The molecule has 0 N–H and O–H groups in total. The van der Waals surface area contributed by atoms with Gasteiger partial charge in [-0.05, 0) is 49.4 Å². The maximum Gasteiger partial charge on any atom is 0.222 e. The van der Waals surface area contributed by atoms with Gasteiger partial charge in [-0.25, -0.2) is 0 Å². The first-order valence-corrected chi connectivity index (χ1v) is 12.2. The third-order valence-electron chi connectivity index (χ3n) is 5.66. The van der Waals surface area contributed by atoms with Crippen LogP contribution in [0.3, 0.4) is 0 Å². The molecule has 3 aromatic rings. The molecule has 0 radical (unpaired) electrons. The molecule has 1 aromatic heterocycles. The Kier molecular flexibility index (Phi) is 7.30. The molecule has 4 rings (SSSR count). The van der Waals surface area contributed by atoms with E-state index in [4.69, 9.17) is 11.6 Å². The van der Waals surface area contributed by atoms with Gasteiger partial charge in [0, 0.05) is 36.5 Å². The maximum atomic E-state index is 12.5. The van der Waals surface area contributed by atoms with Gasteiger partial charge in [-0.1, -0.05) is 60.6 Å². The third kappa shape index (κ3) is 5.31. The van der Waals surface area contributed by atoms with Crippen LogP contribution < -0.4 is 0 Å². The second-order valence-corrected chi connectivity index (χ2v) is 9.44. The smallest absolute Gasteiger partial charge is 0.222 e. The molecule has 0 unspecified atom stereocenters. The second kappa shape index (κ2) is 10.3. The number of thioether (sulfide) groups is 1. The standard InChI is InChI=1S/C24H27ClN4OS/c1-18-13-15-28(16-14-18)22(30)12-7-17-31-24-27-26-23(20-10-5-6-11-21(20)25)29(24)19-8-3-2-4-9-19/h2-6,8-11,18H,7,12-17H2,1H3. The van der Waals surface area contributed by atoms with Crippen LogP contribution in [0.5, 0.6) is 0 Å². The first-order valence-electron chi connectivity index (χ1n) is 10.8. The molecule has 0 bridgehead atoms. The highest BCUT2D eigenvalue weighted by Gasteiger charge is 2.21. The molecule has 0 spiro atoms. The van der Waals surface area contributed by atoms with Crippen LogP contribution in [0.2, 0.25) is 5.02 Å². The largest absolute Gasteiger partial charge is 0.343 e. The summed E-state index contributed by atoms with van der Waals surface area (Å²) < 4.78 is 2.04. The molecule has 0 atom stereocenters. The van der Waals surface area contributed by atoms with Crippen LogP contribution in [0.15, 0.2) is 59.8 Å². The lowest BCUT2D eigenvalue weighted by molar-refractivity contribution is -0.132. The van der Waals surface area contributed by atoms with Gasteiger partial charge in [0.15, 0.2) is 11.0 Å². The average Bonchev–Trinajstić information content (AvgIpc) is 3.21. The lowest BCUT2D eigenvalue weighted by Gasteiger charge is -2.30. The van der Waals surface area contributed by atoms with Gasteiger partial charge in [0.25, 0.3) is 0 Å². The minimum absolute atomic E-state index is 0.272. The van der Waals surface area contributed by atoms with Crippen molar-refractivity contribution in [1.82, 2.24) is 19.7 Å². The van der Waals surface area contributed by atoms with Gasteiger partial charge in [-0.15, -0.1) is 10.2 Å². The van der Waals surface area contributed by atoms with E-state index < -0.39 is 0 Å². The van der Waals surface area contributed by atoms with Crippen molar-refractivity contribution in [2.24, 2.45) is 5.92 Å². The van der Waals surface area contributed by atoms with Gasteiger partial charge in [-0.2, -0.15) is 0 Å². The summed E-state index contributed by atoms with van der Waals surface area (Å²) in [5.74, 6) is 2.53. The fraction of sp³-hybridized carbons (Fsp3) is 0.375. The van der Waals surface area contributed by atoms with Crippen LogP contribution in [-0.4, -0.2) is 44.4 Å². The van der Waals surface area contributed by atoms with Crippen molar-refractivity contribution in [3.8, 4) is 17.1 Å². The number of carbonyl (C=O) groups is 1. The molecule has 1 aliphatic heterocycles. The summed E-state index contributed by atoms with van der Waals surface area (Å²) in [6, 6.07) is 17.7. The Balaban J connectivity index is 1.45. The number of halogens is 1. The zero-order valence-corrected chi connectivity index (χ0v) is 19.3.